The van der Waals surface area contributed by atoms with Crippen molar-refractivity contribution in [3.63, 3.8) is 0 Å². The highest BCUT2D eigenvalue weighted by molar-refractivity contribution is 14.1. The number of benzene rings is 1. The molecule has 0 fully saturated rings. The maximum absolute atomic E-state index is 10.9. The summed E-state index contributed by atoms with van der Waals surface area (Å²) >= 11 is 1.89. The van der Waals surface area contributed by atoms with E-state index in [1.54, 1.807) is 6.07 Å². The van der Waals surface area contributed by atoms with Crippen LogP contribution in [0.5, 0.6) is 5.75 Å². The number of rotatable bonds is 2. The Morgan fingerprint density at radius 1 is 1.64 bits per heavy atom. The van der Waals surface area contributed by atoms with Crippen molar-refractivity contribution in [2.45, 2.75) is 0 Å². The molecule has 1 aromatic rings. The molecule has 0 aliphatic heterocycles. The van der Waals surface area contributed by atoms with E-state index >= 15 is 0 Å². The predicted molar refractivity (Wildman–Crippen MR) is 57.4 cm³/mol. The lowest BCUT2D eigenvalue weighted by Crippen LogP contribution is -2.05. The van der Waals surface area contributed by atoms with E-state index in [9.17, 15) is 4.79 Å². The summed E-state index contributed by atoms with van der Waals surface area (Å²) in [5, 5.41) is 17.6. The van der Waals surface area contributed by atoms with Crippen LogP contribution in [0.2, 0.25) is 0 Å². The third-order valence-electron chi connectivity index (χ3n) is 1.65. The van der Waals surface area contributed by atoms with Crippen LogP contribution in [-0.2, 0) is 0 Å². The summed E-state index contributed by atoms with van der Waals surface area (Å²) in [6.07, 6.45) is 0. The van der Waals surface area contributed by atoms with Gasteiger partial charge in [-0.05, 0) is 34.7 Å². The van der Waals surface area contributed by atoms with Crippen molar-refractivity contribution < 1.29 is 14.6 Å². The molecule has 0 amide bonds. The lowest BCUT2D eigenvalue weighted by Gasteiger charge is -2.07. The van der Waals surface area contributed by atoms with Crippen LogP contribution in [0.25, 0.3) is 0 Å². The summed E-state index contributed by atoms with van der Waals surface area (Å²) in [5.41, 5.74) is 0.262. The zero-order valence-corrected chi connectivity index (χ0v) is 9.40. The summed E-state index contributed by atoms with van der Waals surface area (Å²) in [4.78, 5) is 10.9. The molecule has 0 aromatic heterocycles. The van der Waals surface area contributed by atoms with Crippen LogP contribution in [0.4, 0.5) is 0 Å². The first kappa shape index (κ1) is 10.8. The molecular weight excluding hydrogens is 297 g/mol. The van der Waals surface area contributed by atoms with Gasteiger partial charge in [-0.2, -0.15) is 5.26 Å². The molecule has 1 aromatic carbocycles. The minimum Gasteiger partial charge on any atom is -0.494 e. The maximum Gasteiger partial charge on any atom is 0.340 e. The molecule has 0 heterocycles. The number of carboxylic acids is 1. The molecule has 0 radical (unpaired) electrons. The van der Waals surface area contributed by atoms with Gasteiger partial charge in [0.15, 0.2) is 5.75 Å². The zero-order chi connectivity index (χ0) is 10.7. The van der Waals surface area contributed by atoms with Gasteiger partial charge in [0.05, 0.1) is 12.7 Å². The summed E-state index contributed by atoms with van der Waals surface area (Å²) in [6.45, 7) is 0. The first-order valence-electron chi connectivity index (χ1n) is 3.61. The van der Waals surface area contributed by atoms with Gasteiger partial charge < -0.3 is 9.84 Å². The third kappa shape index (κ3) is 1.80. The number of ether oxygens (including phenoxy) is 1. The van der Waals surface area contributed by atoms with Crippen LogP contribution in [0, 0.1) is 14.9 Å². The second-order valence-electron chi connectivity index (χ2n) is 2.42. The van der Waals surface area contributed by atoms with Crippen molar-refractivity contribution in [1.29, 1.82) is 5.26 Å². The fourth-order valence-electron chi connectivity index (χ4n) is 1.06. The molecule has 4 nitrogen and oxygen atoms in total. The molecule has 0 unspecified atom stereocenters. The molecule has 14 heavy (non-hydrogen) atoms. The van der Waals surface area contributed by atoms with Crippen molar-refractivity contribution >= 4 is 28.6 Å². The first-order chi connectivity index (χ1) is 6.61. The second kappa shape index (κ2) is 4.28. The Kier molecular flexibility index (Phi) is 3.30. The number of carbonyl (C=O) groups is 1. The van der Waals surface area contributed by atoms with Gasteiger partial charge >= 0.3 is 5.97 Å². The summed E-state index contributed by atoms with van der Waals surface area (Å²) in [5.74, 6) is -0.977. The molecule has 1 rings (SSSR count). The molecule has 0 spiro atoms. The molecule has 0 atom stereocenters. The van der Waals surface area contributed by atoms with Gasteiger partial charge in [0.1, 0.15) is 11.6 Å². The summed E-state index contributed by atoms with van der Waals surface area (Å²) < 4.78 is 5.45. The number of aromatic carboxylic acids is 1. The highest BCUT2D eigenvalue weighted by atomic mass is 127. The van der Waals surface area contributed by atoms with Gasteiger partial charge in [-0.25, -0.2) is 4.79 Å². The number of nitriles is 1. The van der Waals surface area contributed by atoms with E-state index in [2.05, 4.69) is 0 Å². The Hall–Kier alpha value is -1.29. The first-order valence-corrected chi connectivity index (χ1v) is 4.69. The van der Waals surface area contributed by atoms with Gasteiger partial charge in [-0.15, -0.1) is 0 Å². The van der Waals surface area contributed by atoms with Crippen LogP contribution in [0.3, 0.4) is 0 Å². The molecule has 5 heteroatoms. The zero-order valence-electron chi connectivity index (χ0n) is 7.24. The van der Waals surface area contributed by atoms with Crippen molar-refractivity contribution in [1.82, 2.24) is 0 Å². The standard InChI is InChI=1S/C9H6INO3/c1-14-8-5(4-11)2-3-6(10)7(8)9(12)13/h2-3H,1H3,(H,12,13). The third-order valence-corrected chi connectivity index (χ3v) is 2.54. The minimum absolute atomic E-state index is 0.0344. The molecule has 72 valence electrons. The smallest absolute Gasteiger partial charge is 0.340 e. The maximum atomic E-state index is 10.9. The number of halogens is 1. The fraction of sp³-hybridized carbons (Fsp3) is 0.111. The van der Waals surface area contributed by atoms with Crippen molar-refractivity contribution in [2.75, 3.05) is 7.11 Å². The molecule has 0 aliphatic rings. The second-order valence-corrected chi connectivity index (χ2v) is 3.58. The number of nitrogens with zero attached hydrogens (tertiary/aromatic N) is 1. The van der Waals surface area contributed by atoms with Crippen LogP contribution in [0.15, 0.2) is 12.1 Å². The molecule has 0 saturated heterocycles. The van der Waals surface area contributed by atoms with Crippen molar-refractivity contribution in [3.05, 3.63) is 26.8 Å². The lowest BCUT2D eigenvalue weighted by molar-refractivity contribution is 0.0692. The summed E-state index contributed by atoms with van der Waals surface area (Å²) in [7, 11) is 1.35. The largest absolute Gasteiger partial charge is 0.494 e. The van der Waals surface area contributed by atoms with Crippen molar-refractivity contribution in [3.8, 4) is 11.8 Å². The Bertz CT molecular complexity index is 423. The van der Waals surface area contributed by atoms with Gasteiger partial charge in [-0.1, -0.05) is 0 Å². The van der Waals surface area contributed by atoms with E-state index in [-0.39, 0.29) is 16.9 Å². The average Bonchev–Trinajstić information content (AvgIpc) is 2.16. The topological polar surface area (TPSA) is 70.3 Å². The number of hydrogen-bond acceptors (Lipinski definition) is 3. The Morgan fingerprint density at radius 3 is 2.71 bits per heavy atom. The number of hydrogen-bond donors (Lipinski definition) is 1. The van der Waals surface area contributed by atoms with Crippen molar-refractivity contribution in [2.24, 2.45) is 0 Å². The predicted octanol–water partition coefficient (Wildman–Crippen LogP) is 1.87. The van der Waals surface area contributed by atoms with Gasteiger partial charge in [0.25, 0.3) is 0 Å². The minimum atomic E-state index is -1.09. The highest BCUT2D eigenvalue weighted by Gasteiger charge is 2.18. The quantitative estimate of drug-likeness (QED) is 0.847. The van der Waals surface area contributed by atoms with Crippen LogP contribution < -0.4 is 4.74 Å². The van der Waals surface area contributed by atoms with Gasteiger partial charge in [0, 0.05) is 3.57 Å². The van der Waals surface area contributed by atoms with Crippen LogP contribution in [0.1, 0.15) is 15.9 Å². The number of carboxylic acid groups (broad SMARTS) is 1. The fourth-order valence-corrected chi connectivity index (χ4v) is 1.71. The molecular formula is C9H6INO3. The van der Waals surface area contributed by atoms with E-state index in [1.165, 1.54) is 13.2 Å². The van der Waals surface area contributed by atoms with E-state index < -0.39 is 5.97 Å². The molecule has 0 saturated carbocycles. The molecule has 0 bridgehead atoms. The SMILES string of the molecule is COc1c(C#N)ccc(I)c1C(=O)O. The normalized spacial score (nSPS) is 9.21. The van der Waals surface area contributed by atoms with Gasteiger partial charge in [0.2, 0.25) is 0 Å². The van der Waals surface area contributed by atoms with Gasteiger partial charge in [-0.3, -0.25) is 0 Å². The number of methoxy groups -OCH3 is 1. The van der Waals surface area contributed by atoms with E-state index in [0.717, 1.165) is 0 Å². The Labute approximate surface area is 94.2 Å². The molecule has 0 aliphatic carbocycles. The highest BCUT2D eigenvalue weighted by Crippen LogP contribution is 2.27. The van der Waals surface area contributed by atoms with E-state index in [0.29, 0.717) is 3.57 Å². The monoisotopic (exact) mass is 303 g/mol. The average molecular weight is 303 g/mol. The van der Waals surface area contributed by atoms with Crippen LogP contribution in [-0.4, -0.2) is 18.2 Å². The summed E-state index contributed by atoms with van der Waals surface area (Å²) in [6, 6.07) is 4.99. The van der Waals surface area contributed by atoms with E-state index in [4.69, 9.17) is 15.1 Å². The van der Waals surface area contributed by atoms with Crippen LogP contribution >= 0.6 is 22.6 Å². The Morgan fingerprint density at radius 2 is 2.29 bits per heavy atom. The Balaban J connectivity index is 3.53. The molecule has 1 N–H and O–H groups in total. The van der Waals surface area contributed by atoms with E-state index in [1.807, 2.05) is 28.7 Å². The lowest BCUT2D eigenvalue weighted by atomic mass is 10.1.